The maximum Gasteiger partial charge on any atom is 0.239 e. The summed E-state index contributed by atoms with van der Waals surface area (Å²) in [5.74, 6) is 0.201. The van der Waals surface area contributed by atoms with Gasteiger partial charge in [0, 0.05) is 12.7 Å². The molecule has 24 heavy (non-hydrogen) atoms. The number of nitrogens with two attached hydrogens (primary N) is 1. The van der Waals surface area contributed by atoms with Crippen LogP contribution in [-0.4, -0.2) is 15.7 Å². The molecule has 1 heterocycles. The molecule has 0 aliphatic heterocycles. The second-order valence-electron chi connectivity index (χ2n) is 6.93. The SMILES string of the molecule is CC(C)c1ccc(CNC2CCCc3cn(CC(N)=O)nc32)cc1. The molecule has 1 unspecified atom stereocenters. The Balaban J connectivity index is 1.66. The number of aryl methyl sites for hydroxylation is 1. The molecule has 1 aliphatic rings. The number of fused-ring (bicyclic) bond motifs is 1. The molecule has 3 N–H and O–H groups in total. The van der Waals surface area contributed by atoms with Gasteiger partial charge >= 0.3 is 0 Å². The average molecular weight is 326 g/mol. The van der Waals surface area contributed by atoms with Crippen LogP contribution in [0.3, 0.4) is 0 Å². The molecule has 1 atom stereocenters. The van der Waals surface area contributed by atoms with E-state index in [1.165, 1.54) is 16.7 Å². The first-order valence-electron chi connectivity index (χ1n) is 8.69. The Morgan fingerprint density at radius 3 is 2.79 bits per heavy atom. The molecule has 2 aromatic rings. The highest BCUT2D eigenvalue weighted by Gasteiger charge is 2.23. The Hall–Kier alpha value is -2.14. The van der Waals surface area contributed by atoms with Crippen molar-refractivity contribution in [2.45, 2.75) is 58.2 Å². The molecule has 0 fully saturated rings. The number of carbonyl (C=O) groups is 1. The molecule has 1 aromatic heterocycles. The maximum absolute atomic E-state index is 11.1. The van der Waals surface area contributed by atoms with Gasteiger partial charge in [0.05, 0.1) is 11.7 Å². The van der Waals surface area contributed by atoms with Crippen molar-refractivity contribution >= 4 is 5.91 Å². The molecule has 1 aromatic carbocycles. The van der Waals surface area contributed by atoms with Crippen molar-refractivity contribution in [2.75, 3.05) is 0 Å². The summed E-state index contributed by atoms with van der Waals surface area (Å²) in [6.45, 7) is 5.39. The van der Waals surface area contributed by atoms with Crippen molar-refractivity contribution < 1.29 is 4.79 Å². The number of rotatable bonds is 6. The van der Waals surface area contributed by atoms with Crippen LogP contribution < -0.4 is 11.1 Å². The zero-order chi connectivity index (χ0) is 17.1. The van der Waals surface area contributed by atoms with Crippen LogP contribution >= 0.6 is 0 Å². The van der Waals surface area contributed by atoms with Crippen LogP contribution in [0.4, 0.5) is 0 Å². The largest absolute Gasteiger partial charge is 0.368 e. The van der Waals surface area contributed by atoms with Gasteiger partial charge in [0.1, 0.15) is 6.54 Å². The quantitative estimate of drug-likeness (QED) is 0.857. The molecule has 0 saturated carbocycles. The summed E-state index contributed by atoms with van der Waals surface area (Å²) >= 11 is 0. The first kappa shape index (κ1) is 16.7. The first-order valence-corrected chi connectivity index (χ1v) is 8.69. The van der Waals surface area contributed by atoms with E-state index in [4.69, 9.17) is 5.73 Å². The zero-order valence-electron chi connectivity index (χ0n) is 14.5. The van der Waals surface area contributed by atoms with Crippen molar-refractivity contribution in [2.24, 2.45) is 5.73 Å². The van der Waals surface area contributed by atoms with Gasteiger partial charge in [-0.2, -0.15) is 5.10 Å². The van der Waals surface area contributed by atoms with Gasteiger partial charge in [0.15, 0.2) is 0 Å². The van der Waals surface area contributed by atoms with E-state index < -0.39 is 0 Å². The Labute approximate surface area is 143 Å². The average Bonchev–Trinajstić information content (AvgIpc) is 2.95. The number of nitrogens with zero attached hydrogens (tertiary/aromatic N) is 2. The van der Waals surface area contributed by atoms with E-state index in [1.807, 2.05) is 6.20 Å². The minimum absolute atomic E-state index is 0.149. The van der Waals surface area contributed by atoms with Gasteiger partial charge in [0.2, 0.25) is 5.91 Å². The molecule has 0 radical (unpaired) electrons. The maximum atomic E-state index is 11.1. The lowest BCUT2D eigenvalue weighted by molar-refractivity contribution is -0.118. The van der Waals surface area contributed by atoms with E-state index in [0.29, 0.717) is 5.92 Å². The second kappa shape index (κ2) is 7.18. The number of nitrogens with one attached hydrogen (secondary N) is 1. The molecule has 1 aliphatic carbocycles. The zero-order valence-corrected chi connectivity index (χ0v) is 14.5. The molecular formula is C19H26N4O. The van der Waals surface area contributed by atoms with E-state index >= 15 is 0 Å². The molecule has 5 nitrogen and oxygen atoms in total. The standard InChI is InChI=1S/C19H26N4O/c1-13(2)15-8-6-14(7-9-15)10-21-17-5-3-4-16-11-23(12-18(20)24)22-19(16)17/h6-9,11,13,17,21H,3-5,10,12H2,1-2H3,(H2,20,24). The molecule has 128 valence electrons. The highest BCUT2D eigenvalue weighted by molar-refractivity contribution is 5.73. The van der Waals surface area contributed by atoms with E-state index in [1.54, 1.807) is 4.68 Å². The summed E-state index contributed by atoms with van der Waals surface area (Å²) in [5, 5.41) is 8.19. The Morgan fingerprint density at radius 1 is 1.38 bits per heavy atom. The number of hydrogen-bond donors (Lipinski definition) is 2. The number of carbonyl (C=O) groups excluding carboxylic acids is 1. The fourth-order valence-corrected chi connectivity index (χ4v) is 3.30. The Bertz CT molecular complexity index is 703. The van der Waals surface area contributed by atoms with Crippen LogP contribution in [0.25, 0.3) is 0 Å². The third kappa shape index (κ3) is 3.85. The van der Waals surface area contributed by atoms with Crippen LogP contribution in [0.15, 0.2) is 30.5 Å². The van der Waals surface area contributed by atoms with Crippen molar-refractivity contribution in [1.29, 1.82) is 0 Å². The lowest BCUT2D eigenvalue weighted by Gasteiger charge is -2.22. The summed E-state index contributed by atoms with van der Waals surface area (Å²) in [4.78, 5) is 11.1. The fourth-order valence-electron chi connectivity index (χ4n) is 3.30. The normalized spacial score (nSPS) is 17.0. The fraction of sp³-hybridized carbons (Fsp3) is 0.474. The van der Waals surface area contributed by atoms with Crippen LogP contribution in [0.5, 0.6) is 0 Å². The smallest absolute Gasteiger partial charge is 0.239 e. The van der Waals surface area contributed by atoms with E-state index in [-0.39, 0.29) is 18.5 Å². The third-order valence-electron chi connectivity index (χ3n) is 4.66. The summed E-state index contributed by atoms with van der Waals surface area (Å²) in [5.41, 5.74) is 10.2. The Morgan fingerprint density at radius 2 is 2.12 bits per heavy atom. The molecule has 1 amide bonds. The number of hydrogen-bond acceptors (Lipinski definition) is 3. The first-order chi connectivity index (χ1) is 11.5. The predicted octanol–water partition coefficient (Wildman–Crippen LogP) is 2.66. The van der Waals surface area contributed by atoms with E-state index in [9.17, 15) is 4.79 Å². The summed E-state index contributed by atoms with van der Waals surface area (Å²) < 4.78 is 1.67. The topological polar surface area (TPSA) is 72.9 Å². The van der Waals surface area contributed by atoms with E-state index in [2.05, 4.69) is 48.5 Å². The highest BCUT2D eigenvalue weighted by Crippen LogP contribution is 2.28. The molecule has 5 heteroatoms. The van der Waals surface area contributed by atoms with Crippen molar-refractivity contribution in [3.05, 3.63) is 52.8 Å². The van der Waals surface area contributed by atoms with Crippen molar-refractivity contribution in [1.82, 2.24) is 15.1 Å². The number of primary amides is 1. The molecule has 0 spiro atoms. The predicted molar refractivity (Wildman–Crippen MR) is 94.5 cm³/mol. The number of aromatic nitrogens is 2. The molecule has 0 bridgehead atoms. The van der Waals surface area contributed by atoms with Gasteiger partial charge in [-0.25, -0.2) is 0 Å². The third-order valence-corrected chi connectivity index (χ3v) is 4.66. The summed E-state index contributed by atoms with van der Waals surface area (Å²) in [6.07, 6.45) is 5.20. The monoisotopic (exact) mass is 326 g/mol. The van der Waals surface area contributed by atoms with Gasteiger partial charge in [-0.1, -0.05) is 38.1 Å². The van der Waals surface area contributed by atoms with E-state index in [0.717, 1.165) is 31.5 Å². The number of amides is 1. The molecule has 0 saturated heterocycles. The summed E-state index contributed by atoms with van der Waals surface area (Å²) in [6, 6.07) is 9.04. The van der Waals surface area contributed by atoms with Gasteiger partial charge in [-0.3, -0.25) is 9.48 Å². The Kier molecular flexibility index (Phi) is 5.00. The van der Waals surface area contributed by atoms with Gasteiger partial charge in [0.25, 0.3) is 0 Å². The van der Waals surface area contributed by atoms with Gasteiger partial charge in [-0.05, 0) is 41.9 Å². The molecule has 3 rings (SSSR count). The lowest BCUT2D eigenvalue weighted by atomic mass is 9.93. The minimum Gasteiger partial charge on any atom is -0.368 e. The number of benzene rings is 1. The summed E-state index contributed by atoms with van der Waals surface area (Å²) in [7, 11) is 0. The second-order valence-corrected chi connectivity index (χ2v) is 6.93. The highest BCUT2D eigenvalue weighted by atomic mass is 16.1. The minimum atomic E-state index is -0.357. The lowest BCUT2D eigenvalue weighted by Crippen LogP contribution is -2.25. The van der Waals surface area contributed by atoms with Crippen molar-refractivity contribution in [3.63, 3.8) is 0 Å². The van der Waals surface area contributed by atoms with Gasteiger partial charge < -0.3 is 11.1 Å². The van der Waals surface area contributed by atoms with Gasteiger partial charge in [-0.15, -0.1) is 0 Å². The van der Waals surface area contributed by atoms with Crippen molar-refractivity contribution in [3.8, 4) is 0 Å². The van der Waals surface area contributed by atoms with Crippen LogP contribution in [0.1, 0.15) is 61.0 Å². The van der Waals surface area contributed by atoms with Crippen LogP contribution in [-0.2, 0) is 24.3 Å². The van der Waals surface area contributed by atoms with Crippen LogP contribution in [0.2, 0.25) is 0 Å². The van der Waals surface area contributed by atoms with Crippen LogP contribution in [0, 0.1) is 0 Å². The molecular weight excluding hydrogens is 300 g/mol.